The highest BCUT2D eigenvalue weighted by atomic mass is 35.5. The molecule has 0 saturated carbocycles. The van der Waals surface area contributed by atoms with Crippen molar-refractivity contribution >= 4 is 23.5 Å². The Kier molecular flexibility index (Phi) is 5.78. The molecule has 0 unspecified atom stereocenters. The van der Waals surface area contributed by atoms with Gasteiger partial charge in [0.2, 0.25) is 0 Å². The van der Waals surface area contributed by atoms with E-state index in [1.54, 1.807) is 25.1 Å². The van der Waals surface area contributed by atoms with Gasteiger partial charge in [0.1, 0.15) is 12.4 Å². The van der Waals surface area contributed by atoms with Crippen LogP contribution in [0.5, 0.6) is 5.75 Å². The van der Waals surface area contributed by atoms with Gasteiger partial charge in [0.15, 0.2) is 6.10 Å². The normalized spacial score (nSPS) is 16.8. The molecule has 0 bridgehead atoms. The van der Waals surface area contributed by atoms with Crippen molar-refractivity contribution in [2.24, 2.45) is 5.92 Å². The zero-order chi connectivity index (χ0) is 18.5. The third-order valence-corrected chi connectivity index (χ3v) is 4.47. The van der Waals surface area contributed by atoms with Crippen LogP contribution in [0, 0.1) is 5.92 Å². The third kappa shape index (κ3) is 4.55. The Labute approximate surface area is 157 Å². The number of halogens is 1. The first-order valence-corrected chi connectivity index (χ1v) is 8.84. The molecule has 2 aromatic carbocycles. The Hall–Kier alpha value is -2.53. The monoisotopic (exact) mass is 373 g/mol. The molecule has 2 atom stereocenters. The number of hydrogen-bond donors (Lipinski definition) is 1. The van der Waals surface area contributed by atoms with Crippen molar-refractivity contribution in [3.8, 4) is 5.75 Å². The summed E-state index contributed by atoms with van der Waals surface area (Å²) < 4.78 is 10.9. The van der Waals surface area contributed by atoms with E-state index in [0.29, 0.717) is 18.0 Å². The van der Waals surface area contributed by atoms with Crippen LogP contribution in [-0.4, -0.2) is 24.6 Å². The van der Waals surface area contributed by atoms with Crippen LogP contribution >= 0.6 is 11.6 Å². The predicted octanol–water partition coefficient (Wildman–Crippen LogP) is 3.14. The summed E-state index contributed by atoms with van der Waals surface area (Å²) in [5, 5.41) is 3.36. The number of rotatable bonds is 5. The summed E-state index contributed by atoms with van der Waals surface area (Å²) in [6.45, 7) is 2.18. The molecule has 26 heavy (non-hydrogen) atoms. The van der Waals surface area contributed by atoms with E-state index in [0.717, 1.165) is 16.9 Å². The SMILES string of the molecule is C[C@H](OC(=O)[C@H]1COc2ccc(Cl)cc2C1)C(=O)NCc1ccccc1. The molecule has 136 valence electrons. The Bertz CT molecular complexity index is 794. The quantitative estimate of drug-likeness (QED) is 0.818. The first kappa shape index (κ1) is 18.3. The topological polar surface area (TPSA) is 64.6 Å². The average molecular weight is 374 g/mol. The summed E-state index contributed by atoms with van der Waals surface area (Å²) in [6, 6.07) is 14.9. The number of nitrogens with one attached hydrogen (secondary N) is 1. The number of carbonyl (C=O) groups excluding carboxylic acids is 2. The van der Waals surface area contributed by atoms with Gasteiger partial charge >= 0.3 is 5.97 Å². The fraction of sp³-hybridized carbons (Fsp3) is 0.300. The lowest BCUT2D eigenvalue weighted by Gasteiger charge is -2.25. The van der Waals surface area contributed by atoms with Crippen LogP contribution in [0.25, 0.3) is 0 Å². The molecule has 0 saturated heterocycles. The number of esters is 1. The van der Waals surface area contributed by atoms with Gasteiger partial charge in [-0.15, -0.1) is 0 Å². The largest absolute Gasteiger partial charge is 0.492 e. The summed E-state index contributed by atoms with van der Waals surface area (Å²) in [6.07, 6.45) is -0.389. The van der Waals surface area contributed by atoms with Crippen molar-refractivity contribution < 1.29 is 19.1 Å². The smallest absolute Gasteiger partial charge is 0.313 e. The van der Waals surface area contributed by atoms with Gasteiger partial charge in [-0.2, -0.15) is 0 Å². The van der Waals surface area contributed by atoms with E-state index in [2.05, 4.69) is 5.32 Å². The Morgan fingerprint density at radius 3 is 2.81 bits per heavy atom. The molecule has 6 heteroatoms. The number of ether oxygens (including phenoxy) is 2. The minimum atomic E-state index is -0.869. The molecule has 3 rings (SSSR count). The van der Waals surface area contributed by atoms with Gasteiger partial charge in [-0.25, -0.2) is 0 Å². The Balaban J connectivity index is 1.51. The first-order chi connectivity index (χ1) is 12.5. The van der Waals surface area contributed by atoms with Crippen LogP contribution in [0.1, 0.15) is 18.1 Å². The highest BCUT2D eigenvalue weighted by molar-refractivity contribution is 6.30. The summed E-state index contributed by atoms with van der Waals surface area (Å²) in [7, 11) is 0. The molecule has 0 radical (unpaired) electrons. The molecule has 1 N–H and O–H groups in total. The van der Waals surface area contributed by atoms with Crippen LogP contribution in [-0.2, 0) is 27.3 Å². The highest BCUT2D eigenvalue weighted by Crippen LogP contribution is 2.30. The minimum absolute atomic E-state index is 0.228. The molecule has 0 fully saturated rings. The van der Waals surface area contributed by atoms with E-state index < -0.39 is 18.0 Å². The molecular weight excluding hydrogens is 354 g/mol. The van der Waals surface area contributed by atoms with Gasteiger partial charge in [0, 0.05) is 11.6 Å². The van der Waals surface area contributed by atoms with E-state index in [1.165, 1.54) is 0 Å². The van der Waals surface area contributed by atoms with Crippen LogP contribution < -0.4 is 10.1 Å². The molecule has 0 aromatic heterocycles. The number of benzene rings is 2. The third-order valence-electron chi connectivity index (χ3n) is 4.23. The zero-order valence-electron chi connectivity index (χ0n) is 14.4. The van der Waals surface area contributed by atoms with E-state index in [9.17, 15) is 9.59 Å². The van der Waals surface area contributed by atoms with Crippen molar-refractivity contribution in [2.75, 3.05) is 6.61 Å². The maximum Gasteiger partial charge on any atom is 0.313 e. The fourth-order valence-corrected chi connectivity index (χ4v) is 2.96. The summed E-state index contributed by atoms with van der Waals surface area (Å²) in [5.41, 5.74) is 1.85. The lowest BCUT2D eigenvalue weighted by atomic mass is 9.97. The molecule has 1 heterocycles. The molecule has 1 aliphatic rings. The van der Waals surface area contributed by atoms with Gasteiger partial charge in [0.25, 0.3) is 5.91 Å². The van der Waals surface area contributed by atoms with Crippen molar-refractivity contribution in [2.45, 2.75) is 26.0 Å². The van der Waals surface area contributed by atoms with E-state index in [4.69, 9.17) is 21.1 Å². The van der Waals surface area contributed by atoms with Crippen LogP contribution in [0.3, 0.4) is 0 Å². The van der Waals surface area contributed by atoms with Gasteiger partial charge in [-0.05, 0) is 42.7 Å². The Morgan fingerprint density at radius 2 is 2.04 bits per heavy atom. The van der Waals surface area contributed by atoms with E-state index in [1.807, 2.05) is 30.3 Å². The van der Waals surface area contributed by atoms with Crippen molar-refractivity contribution in [3.05, 3.63) is 64.7 Å². The van der Waals surface area contributed by atoms with Gasteiger partial charge in [-0.3, -0.25) is 9.59 Å². The first-order valence-electron chi connectivity index (χ1n) is 8.46. The number of fused-ring (bicyclic) bond motifs is 1. The second-order valence-corrected chi connectivity index (χ2v) is 6.68. The summed E-state index contributed by atoms with van der Waals surface area (Å²) in [5.74, 6) is -0.502. The van der Waals surface area contributed by atoms with Crippen molar-refractivity contribution in [1.29, 1.82) is 0 Å². The molecule has 1 amide bonds. The molecule has 5 nitrogen and oxygen atoms in total. The van der Waals surface area contributed by atoms with Crippen LogP contribution in [0.2, 0.25) is 5.02 Å². The van der Waals surface area contributed by atoms with Crippen molar-refractivity contribution in [3.63, 3.8) is 0 Å². The Morgan fingerprint density at radius 1 is 1.27 bits per heavy atom. The van der Waals surface area contributed by atoms with Crippen molar-refractivity contribution in [1.82, 2.24) is 5.32 Å². The summed E-state index contributed by atoms with van der Waals surface area (Å²) in [4.78, 5) is 24.5. The number of hydrogen-bond acceptors (Lipinski definition) is 4. The molecule has 1 aliphatic heterocycles. The minimum Gasteiger partial charge on any atom is -0.492 e. The molecule has 2 aromatic rings. The maximum absolute atomic E-state index is 12.4. The number of carbonyl (C=O) groups is 2. The maximum atomic E-state index is 12.4. The second-order valence-electron chi connectivity index (χ2n) is 6.25. The molecule has 0 aliphatic carbocycles. The second kappa shape index (κ2) is 8.23. The van der Waals surface area contributed by atoms with Gasteiger partial charge in [-0.1, -0.05) is 41.9 Å². The fourth-order valence-electron chi connectivity index (χ4n) is 2.77. The molecule has 0 spiro atoms. The zero-order valence-corrected chi connectivity index (χ0v) is 15.2. The predicted molar refractivity (Wildman–Crippen MR) is 98.0 cm³/mol. The number of amides is 1. The van der Waals surface area contributed by atoms with Crippen LogP contribution in [0.4, 0.5) is 0 Å². The standard InChI is InChI=1S/C20H20ClNO4/c1-13(19(23)22-11-14-5-3-2-4-6-14)26-20(24)16-9-15-10-17(21)7-8-18(15)25-12-16/h2-8,10,13,16H,9,11-12H2,1H3,(H,22,23)/t13-,16+/m0/s1. The van der Waals surface area contributed by atoms with E-state index >= 15 is 0 Å². The van der Waals surface area contributed by atoms with Gasteiger partial charge < -0.3 is 14.8 Å². The average Bonchev–Trinajstić information content (AvgIpc) is 2.66. The van der Waals surface area contributed by atoms with Crippen LogP contribution in [0.15, 0.2) is 48.5 Å². The van der Waals surface area contributed by atoms with E-state index in [-0.39, 0.29) is 12.5 Å². The van der Waals surface area contributed by atoms with Gasteiger partial charge in [0.05, 0.1) is 5.92 Å². The highest BCUT2D eigenvalue weighted by Gasteiger charge is 2.29. The molecular formula is C20H20ClNO4. The lowest BCUT2D eigenvalue weighted by Crippen LogP contribution is -2.38. The summed E-state index contributed by atoms with van der Waals surface area (Å²) >= 11 is 5.99. The lowest BCUT2D eigenvalue weighted by molar-refractivity contribution is -0.160.